The van der Waals surface area contributed by atoms with Crippen LogP contribution in [0, 0.1) is 5.92 Å². The first-order chi connectivity index (χ1) is 15.1. The van der Waals surface area contributed by atoms with E-state index in [4.69, 9.17) is 4.74 Å². The third kappa shape index (κ3) is 3.81. The van der Waals surface area contributed by atoms with Gasteiger partial charge in [-0.2, -0.15) is 5.10 Å². The van der Waals surface area contributed by atoms with Gasteiger partial charge in [0.25, 0.3) is 0 Å². The summed E-state index contributed by atoms with van der Waals surface area (Å²) in [7, 11) is 0. The zero-order valence-corrected chi connectivity index (χ0v) is 17.8. The van der Waals surface area contributed by atoms with Crippen molar-refractivity contribution in [2.45, 2.75) is 32.9 Å². The monoisotopic (exact) mass is 421 g/mol. The highest BCUT2D eigenvalue weighted by atomic mass is 16.5. The zero-order valence-electron chi connectivity index (χ0n) is 17.8. The van der Waals surface area contributed by atoms with Gasteiger partial charge >= 0.3 is 0 Å². The molecule has 2 aromatic heterocycles. The summed E-state index contributed by atoms with van der Waals surface area (Å²) in [5, 5.41) is 27.3. The number of phenols is 1. The van der Waals surface area contributed by atoms with E-state index in [1.165, 1.54) is 0 Å². The van der Waals surface area contributed by atoms with Gasteiger partial charge in [0.15, 0.2) is 0 Å². The number of aromatic hydroxyl groups is 1. The molecule has 1 fully saturated rings. The third-order valence-electron chi connectivity index (χ3n) is 5.97. The second-order valence-corrected chi connectivity index (χ2v) is 8.41. The summed E-state index contributed by atoms with van der Waals surface area (Å²) >= 11 is 0. The lowest BCUT2D eigenvalue weighted by molar-refractivity contribution is 0.231. The Bertz CT molecular complexity index is 1060. The first-order valence-corrected chi connectivity index (χ1v) is 10.8. The van der Waals surface area contributed by atoms with E-state index in [-0.39, 0.29) is 5.75 Å². The number of nitrogens with one attached hydrogen (secondary N) is 1. The molecule has 4 heterocycles. The van der Waals surface area contributed by atoms with E-state index >= 15 is 0 Å². The number of rotatable bonds is 4. The Kier molecular flexibility index (Phi) is 5.19. The van der Waals surface area contributed by atoms with Crippen LogP contribution < -0.4 is 15.0 Å². The summed E-state index contributed by atoms with van der Waals surface area (Å²) in [4.78, 5) is 6.68. The second-order valence-electron chi connectivity index (χ2n) is 8.41. The van der Waals surface area contributed by atoms with Crippen molar-refractivity contribution in [2.24, 2.45) is 5.92 Å². The summed E-state index contributed by atoms with van der Waals surface area (Å²) in [6.45, 7) is 8.56. The number of nitrogens with zero attached hydrogens (tertiary/aromatic N) is 6. The van der Waals surface area contributed by atoms with Gasteiger partial charge < -0.3 is 20.1 Å². The fourth-order valence-electron chi connectivity index (χ4n) is 4.13. The molecule has 0 spiro atoms. The van der Waals surface area contributed by atoms with Crippen LogP contribution in [0.3, 0.4) is 0 Å². The van der Waals surface area contributed by atoms with E-state index in [9.17, 15) is 5.11 Å². The predicted octanol–water partition coefficient (Wildman–Crippen LogP) is 2.32. The molecule has 162 valence electrons. The molecule has 1 atom stereocenters. The Morgan fingerprint density at radius 3 is 2.84 bits per heavy atom. The molecular weight excluding hydrogens is 394 g/mol. The van der Waals surface area contributed by atoms with Gasteiger partial charge in [-0.05, 0) is 23.6 Å². The van der Waals surface area contributed by atoms with Crippen LogP contribution in [-0.4, -0.2) is 62.4 Å². The molecule has 9 nitrogen and oxygen atoms in total. The first kappa shape index (κ1) is 19.7. The average Bonchev–Trinajstić information content (AvgIpc) is 3.23. The molecule has 0 radical (unpaired) electrons. The van der Waals surface area contributed by atoms with Crippen LogP contribution in [0.5, 0.6) is 11.6 Å². The van der Waals surface area contributed by atoms with Gasteiger partial charge in [0.1, 0.15) is 11.4 Å². The summed E-state index contributed by atoms with van der Waals surface area (Å²) in [6, 6.07) is 5.89. The van der Waals surface area contributed by atoms with Gasteiger partial charge in [-0.1, -0.05) is 19.9 Å². The third-order valence-corrected chi connectivity index (χ3v) is 5.97. The SMILES string of the molecule is CC(C)C1CN(c2ncc(-c3ccc(-c4cnn5c4OCCC5)cc3O)nn2)CCN1. The number of aromatic nitrogens is 5. The lowest BCUT2D eigenvalue weighted by Gasteiger charge is -2.35. The van der Waals surface area contributed by atoms with Crippen molar-refractivity contribution in [2.75, 3.05) is 31.1 Å². The number of fused-ring (bicyclic) bond motifs is 1. The second kappa shape index (κ2) is 8.14. The van der Waals surface area contributed by atoms with Crippen LogP contribution in [0.25, 0.3) is 22.4 Å². The number of hydrogen-bond donors (Lipinski definition) is 2. The minimum absolute atomic E-state index is 0.124. The fraction of sp³-hybridized carbons (Fsp3) is 0.455. The number of aryl methyl sites for hydroxylation is 1. The molecule has 1 unspecified atom stereocenters. The van der Waals surface area contributed by atoms with Crippen LogP contribution in [0.2, 0.25) is 0 Å². The maximum absolute atomic E-state index is 10.7. The van der Waals surface area contributed by atoms with Crippen LogP contribution >= 0.6 is 0 Å². The molecule has 2 N–H and O–H groups in total. The summed E-state index contributed by atoms with van der Waals surface area (Å²) in [5.74, 6) is 2.03. The normalized spacial score (nSPS) is 18.7. The van der Waals surface area contributed by atoms with Crippen LogP contribution in [-0.2, 0) is 6.54 Å². The molecule has 31 heavy (non-hydrogen) atoms. The van der Waals surface area contributed by atoms with Crippen LogP contribution in [0.4, 0.5) is 5.95 Å². The molecular formula is C22H27N7O2. The average molecular weight is 422 g/mol. The number of piperazine rings is 1. The van der Waals surface area contributed by atoms with E-state index in [2.05, 4.69) is 44.3 Å². The molecule has 1 saturated heterocycles. The van der Waals surface area contributed by atoms with Gasteiger partial charge in [-0.25, -0.2) is 9.67 Å². The van der Waals surface area contributed by atoms with E-state index in [1.807, 2.05) is 16.8 Å². The highest BCUT2D eigenvalue weighted by Gasteiger charge is 2.24. The van der Waals surface area contributed by atoms with Gasteiger partial charge in [0.05, 0.1) is 24.6 Å². The Morgan fingerprint density at radius 1 is 1.16 bits per heavy atom. The smallest absolute Gasteiger partial charge is 0.245 e. The first-order valence-electron chi connectivity index (χ1n) is 10.8. The molecule has 9 heteroatoms. The lowest BCUT2D eigenvalue weighted by Crippen LogP contribution is -2.53. The van der Waals surface area contributed by atoms with Crippen molar-refractivity contribution in [3.8, 4) is 34.0 Å². The Hall–Kier alpha value is -3.20. The number of phenolic OH excluding ortho intramolecular Hbond substituents is 1. The molecule has 2 aliphatic heterocycles. The highest BCUT2D eigenvalue weighted by Crippen LogP contribution is 2.37. The van der Waals surface area contributed by atoms with Gasteiger partial charge in [0, 0.05) is 44.2 Å². The minimum Gasteiger partial charge on any atom is -0.507 e. The molecule has 0 bridgehead atoms. The van der Waals surface area contributed by atoms with Gasteiger partial charge in [-0.15, -0.1) is 10.2 Å². The number of anilines is 1. The molecule has 3 aromatic rings. The van der Waals surface area contributed by atoms with Crippen LogP contribution in [0.15, 0.2) is 30.6 Å². The largest absolute Gasteiger partial charge is 0.507 e. The molecule has 2 aliphatic rings. The maximum atomic E-state index is 10.7. The quantitative estimate of drug-likeness (QED) is 0.662. The summed E-state index contributed by atoms with van der Waals surface area (Å²) in [6.07, 6.45) is 4.41. The molecule has 5 rings (SSSR count). The molecule has 1 aromatic carbocycles. The highest BCUT2D eigenvalue weighted by molar-refractivity contribution is 5.76. The zero-order chi connectivity index (χ0) is 21.4. The Balaban J connectivity index is 1.37. The van der Waals surface area contributed by atoms with E-state index in [1.54, 1.807) is 18.5 Å². The van der Waals surface area contributed by atoms with Gasteiger partial charge in [0.2, 0.25) is 11.8 Å². The van der Waals surface area contributed by atoms with Gasteiger partial charge in [-0.3, -0.25) is 0 Å². The predicted molar refractivity (Wildman–Crippen MR) is 117 cm³/mol. The maximum Gasteiger partial charge on any atom is 0.245 e. The topological polar surface area (TPSA) is 101 Å². The Morgan fingerprint density at radius 2 is 2.06 bits per heavy atom. The number of hydrogen-bond acceptors (Lipinski definition) is 8. The minimum atomic E-state index is 0.124. The number of ether oxygens (including phenoxy) is 1. The fourth-order valence-corrected chi connectivity index (χ4v) is 4.13. The summed E-state index contributed by atoms with van der Waals surface area (Å²) < 4.78 is 7.63. The van der Waals surface area contributed by atoms with Crippen molar-refractivity contribution < 1.29 is 9.84 Å². The van der Waals surface area contributed by atoms with Crippen LogP contribution in [0.1, 0.15) is 20.3 Å². The van der Waals surface area contributed by atoms with Crippen molar-refractivity contribution in [1.29, 1.82) is 0 Å². The van der Waals surface area contributed by atoms with Crippen molar-refractivity contribution >= 4 is 5.95 Å². The van der Waals surface area contributed by atoms with Crippen molar-refractivity contribution in [3.63, 3.8) is 0 Å². The van der Waals surface area contributed by atoms with E-state index < -0.39 is 0 Å². The van der Waals surface area contributed by atoms with Crippen molar-refractivity contribution in [1.82, 2.24) is 30.3 Å². The lowest BCUT2D eigenvalue weighted by atomic mass is 10.0. The van der Waals surface area contributed by atoms with E-state index in [0.717, 1.165) is 49.6 Å². The Labute approximate surface area is 181 Å². The van der Waals surface area contributed by atoms with E-state index in [0.29, 0.717) is 35.8 Å². The summed E-state index contributed by atoms with van der Waals surface area (Å²) in [5.41, 5.74) is 2.86. The molecule has 0 saturated carbocycles. The standard InChI is InChI=1S/C22H27N7O2/c1-14(2)19-13-28(8-6-23-19)22-24-12-18(26-27-22)16-5-4-15(10-20(16)30)17-11-25-29-7-3-9-31-21(17)29/h4-5,10-12,14,19,23,30H,3,6-9,13H2,1-2H3. The molecule has 0 amide bonds. The number of benzene rings is 1. The van der Waals surface area contributed by atoms with Crippen molar-refractivity contribution in [3.05, 3.63) is 30.6 Å². The molecule has 0 aliphatic carbocycles.